The molecule has 0 bridgehead atoms. The summed E-state index contributed by atoms with van der Waals surface area (Å²) >= 11 is 5.82. The summed E-state index contributed by atoms with van der Waals surface area (Å²) < 4.78 is 5.05. The van der Waals surface area contributed by atoms with Crippen LogP contribution < -0.4 is 0 Å². The summed E-state index contributed by atoms with van der Waals surface area (Å²) in [4.78, 5) is 25.6. The van der Waals surface area contributed by atoms with Gasteiger partial charge in [-0.15, -0.1) is 0 Å². The minimum Gasteiger partial charge on any atom is -0.452 e. The lowest BCUT2D eigenvalue weighted by atomic mass is 9.81. The number of carbonyl (C=O) groups is 2. The van der Waals surface area contributed by atoms with E-state index in [-0.39, 0.29) is 12.5 Å². The zero-order valence-corrected chi connectivity index (χ0v) is 13.8. The molecule has 0 unspecified atom stereocenters. The van der Waals surface area contributed by atoms with Crippen molar-refractivity contribution in [3.8, 4) is 6.07 Å². The highest BCUT2D eigenvalue weighted by Crippen LogP contribution is 2.32. The first-order valence-corrected chi connectivity index (χ1v) is 7.97. The predicted octanol–water partition coefficient (Wildman–Crippen LogP) is 3.18. The first-order valence-electron chi connectivity index (χ1n) is 7.59. The van der Waals surface area contributed by atoms with Crippen LogP contribution in [0.1, 0.15) is 42.5 Å². The average molecular weight is 335 g/mol. The van der Waals surface area contributed by atoms with Gasteiger partial charge in [-0.05, 0) is 31.0 Å². The van der Waals surface area contributed by atoms with Crippen LogP contribution in [0.2, 0.25) is 5.02 Å². The largest absolute Gasteiger partial charge is 0.452 e. The number of benzene rings is 1. The van der Waals surface area contributed by atoms with Crippen LogP contribution >= 0.6 is 11.6 Å². The van der Waals surface area contributed by atoms with Crippen molar-refractivity contribution in [2.75, 3.05) is 13.7 Å². The Labute approximate surface area is 140 Å². The van der Waals surface area contributed by atoms with Gasteiger partial charge in [0.2, 0.25) is 0 Å². The molecular weight excluding hydrogens is 316 g/mol. The number of hydrogen-bond acceptors (Lipinski definition) is 4. The third-order valence-electron chi connectivity index (χ3n) is 4.29. The Morgan fingerprint density at radius 1 is 1.35 bits per heavy atom. The Morgan fingerprint density at radius 2 is 2.04 bits per heavy atom. The molecule has 0 N–H and O–H groups in total. The Hall–Kier alpha value is -2.06. The van der Waals surface area contributed by atoms with Gasteiger partial charge in [-0.25, -0.2) is 4.79 Å². The highest BCUT2D eigenvalue weighted by Gasteiger charge is 2.38. The minimum atomic E-state index is -0.780. The first-order chi connectivity index (χ1) is 11.0. The molecule has 0 heterocycles. The number of ether oxygens (including phenoxy) is 1. The molecule has 1 aromatic carbocycles. The summed E-state index contributed by atoms with van der Waals surface area (Å²) in [6.07, 6.45) is 4.25. The van der Waals surface area contributed by atoms with E-state index >= 15 is 0 Å². The first kappa shape index (κ1) is 17.3. The van der Waals surface area contributed by atoms with Crippen LogP contribution in [0.3, 0.4) is 0 Å². The monoisotopic (exact) mass is 334 g/mol. The Balaban J connectivity index is 1.96. The fourth-order valence-corrected chi connectivity index (χ4v) is 3.01. The van der Waals surface area contributed by atoms with Gasteiger partial charge in [-0.3, -0.25) is 4.79 Å². The van der Waals surface area contributed by atoms with Crippen LogP contribution in [-0.4, -0.2) is 36.0 Å². The smallest absolute Gasteiger partial charge is 0.338 e. The van der Waals surface area contributed by atoms with Crippen molar-refractivity contribution < 1.29 is 14.3 Å². The Bertz CT molecular complexity index is 633. The lowest BCUT2D eigenvalue weighted by Crippen LogP contribution is -2.51. The predicted molar refractivity (Wildman–Crippen MR) is 85.9 cm³/mol. The highest BCUT2D eigenvalue weighted by molar-refractivity contribution is 6.30. The van der Waals surface area contributed by atoms with E-state index in [0.717, 1.165) is 19.3 Å². The average Bonchev–Trinajstić information content (AvgIpc) is 2.59. The molecule has 0 saturated heterocycles. The molecule has 2 rings (SSSR count). The molecule has 6 heteroatoms. The third-order valence-corrected chi connectivity index (χ3v) is 4.53. The summed E-state index contributed by atoms with van der Waals surface area (Å²) in [5.41, 5.74) is -0.488. The normalized spacial score (nSPS) is 16.2. The molecule has 1 aromatic rings. The standard InChI is InChI=1S/C17H19ClN2O3/c1-20(17(12-19)8-3-2-4-9-17)15(21)11-23-16(22)13-6-5-7-14(18)10-13/h5-7,10H,2-4,8-9,11H2,1H3. The van der Waals surface area contributed by atoms with Crippen LogP contribution in [0.5, 0.6) is 0 Å². The number of esters is 1. The molecule has 1 aliphatic carbocycles. The van der Waals surface area contributed by atoms with Crippen LogP contribution in [-0.2, 0) is 9.53 Å². The van der Waals surface area contributed by atoms with Crippen molar-refractivity contribution in [3.05, 3.63) is 34.9 Å². The Morgan fingerprint density at radius 3 is 2.65 bits per heavy atom. The minimum absolute atomic E-state index is 0.292. The van der Waals surface area contributed by atoms with Crippen LogP contribution in [0, 0.1) is 11.3 Å². The molecule has 0 radical (unpaired) electrons. The van der Waals surface area contributed by atoms with E-state index in [2.05, 4.69) is 6.07 Å². The van der Waals surface area contributed by atoms with Gasteiger partial charge >= 0.3 is 5.97 Å². The summed E-state index contributed by atoms with van der Waals surface area (Å²) in [5, 5.41) is 9.91. The molecule has 1 fully saturated rings. The maximum Gasteiger partial charge on any atom is 0.338 e. The maximum atomic E-state index is 12.3. The number of nitriles is 1. The SMILES string of the molecule is CN(C(=O)COC(=O)c1cccc(Cl)c1)C1(C#N)CCCCC1. The highest BCUT2D eigenvalue weighted by atomic mass is 35.5. The van der Waals surface area contributed by atoms with Crippen molar-refractivity contribution in [3.63, 3.8) is 0 Å². The summed E-state index contributed by atoms with van der Waals surface area (Å²) in [6.45, 7) is -0.384. The van der Waals surface area contributed by atoms with E-state index in [1.165, 1.54) is 11.0 Å². The van der Waals surface area contributed by atoms with Crippen LogP contribution in [0.15, 0.2) is 24.3 Å². The fraction of sp³-hybridized carbons (Fsp3) is 0.471. The number of rotatable bonds is 4. The molecule has 0 aliphatic heterocycles. The number of nitrogens with zero attached hydrogens (tertiary/aromatic N) is 2. The molecule has 0 atom stereocenters. The Kier molecular flexibility index (Phi) is 5.62. The molecule has 1 saturated carbocycles. The summed E-state index contributed by atoms with van der Waals surface area (Å²) in [7, 11) is 1.60. The molecule has 122 valence electrons. The zero-order valence-electron chi connectivity index (χ0n) is 13.0. The zero-order chi connectivity index (χ0) is 16.9. The van der Waals surface area contributed by atoms with Gasteiger partial charge in [-0.1, -0.05) is 36.9 Å². The second kappa shape index (κ2) is 7.47. The molecule has 1 aliphatic rings. The lowest BCUT2D eigenvalue weighted by molar-refractivity contribution is -0.138. The van der Waals surface area contributed by atoms with Crippen molar-refractivity contribution in [2.24, 2.45) is 0 Å². The number of amides is 1. The van der Waals surface area contributed by atoms with Crippen molar-refractivity contribution >= 4 is 23.5 Å². The van der Waals surface area contributed by atoms with E-state index in [4.69, 9.17) is 16.3 Å². The van der Waals surface area contributed by atoms with Crippen LogP contribution in [0.4, 0.5) is 0 Å². The van der Waals surface area contributed by atoms with Gasteiger partial charge in [0.05, 0.1) is 11.6 Å². The number of halogens is 1. The molecule has 23 heavy (non-hydrogen) atoms. The van der Waals surface area contributed by atoms with Crippen molar-refractivity contribution in [1.82, 2.24) is 4.90 Å². The molecule has 1 amide bonds. The number of hydrogen-bond donors (Lipinski definition) is 0. The van der Waals surface area contributed by atoms with Gasteiger partial charge in [0.1, 0.15) is 5.54 Å². The molecular formula is C17H19ClN2O3. The van der Waals surface area contributed by atoms with E-state index in [1.54, 1.807) is 25.2 Å². The summed E-state index contributed by atoms with van der Waals surface area (Å²) in [5.74, 6) is -0.979. The van der Waals surface area contributed by atoms with E-state index in [0.29, 0.717) is 23.4 Å². The van der Waals surface area contributed by atoms with Crippen LogP contribution in [0.25, 0.3) is 0 Å². The number of likely N-dealkylation sites (N-methyl/N-ethyl adjacent to an activating group) is 1. The lowest BCUT2D eigenvalue weighted by Gasteiger charge is -2.38. The third kappa shape index (κ3) is 4.02. The fourth-order valence-electron chi connectivity index (χ4n) is 2.82. The van der Waals surface area contributed by atoms with Gasteiger partial charge in [0.15, 0.2) is 6.61 Å². The van der Waals surface area contributed by atoms with Gasteiger partial charge in [0.25, 0.3) is 5.91 Å². The second-order valence-corrected chi connectivity index (χ2v) is 6.18. The summed E-state index contributed by atoms with van der Waals surface area (Å²) in [6, 6.07) is 8.61. The quantitative estimate of drug-likeness (QED) is 0.793. The van der Waals surface area contributed by atoms with E-state index < -0.39 is 11.5 Å². The van der Waals surface area contributed by atoms with Gasteiger partial charge < -0.3 is 9.64 Å². The van der Waals surface area contributed by atoms with Gasteiger partial charge in [0, 0.05) is 12.1 Å². The molecule has 5 nitrogen and oxygen atoms in total. The second-order valence-electron chi connectivity index (χ2n) is 5.74. The topological polar surface area (TPSA) is 70.4 Å². The van der Waals surface area contributed by atoms with E-state index in [1.807, 2.05) is 0 Å². The molecule has 0 aromatic heterocycles. The number of carbonyl (C=O) groups excluding carboxylic acids is 2. The van der Waals surface area contributed by atoms with Crippen molar-refractivity contribution in [1.29, 1.82) is 5.26 Å². The maximum absolute atomic E-state index is 12.3. The van der Waals surface area contributed by atoms with Crippen molar-refractivity contribution in [2.45, 2.75) is 37.6 Å². The van der Waals surface area contributed by atoms with E-state index in [9.17, 15) is 14.9 Å². The van der Waals surface area contributed by atoms with Gasteiger partial charge in [-0.2, -0.15) is 5.26 Å². The molecule has 0 spiro atoms.